The van der Waals surface area contributed by atoms with Gasteiger partial charge in [-0.2, -0.15) is 0 Å². The molecule has 2 fully saturated rings. The van der Waals surface area contributed by atoms with Crippen LogP contribution in [0.4, 0.5) is 15.9 Å². The zero-order chi connectivity index (χ0) is 20.9. The lowest BCUT2D eigenvalue weighted by Crippen LogP contribution is -2.51. The van der Waals surface area contributed by atoms with Crippen LogP contribution in [0.15, 0.2) is 47.6 Å². The topological polar surface area (TPSA) is 64.2 Å². The Morgan fingerprint density at radius 2 is 1.58 bits per heavy atom. The number of aromatic nitrogens is 1. The van der Waals surface area contributed by atoms with Gasteiger partial charge in [0, 0.05) is 64.2 Å². The third-order valence-corrected chi connectivity index (χ3v) is 5.86. The van der Waals surface area contributed by atoms with Gasteiger partial charge in [-0.15, -0.1) is 24.0 Å². The number of anilines is 2. The minimum absolute atomic E-state index is 0. The molecule has 0 bridgehead atoms. The van der Waals surface area contributed by atoms with Gasteiger partial charge in [-0.1, -0.05) is 6.07 Å². The number of pyridine rings is 1. The Morgan fingerprint density at radius 1 is 0.935 bits per heavy atom. The Balaban J connectivity index is 0.00000272. The van der Waals surface area contributed by atoms with Gasteiger partial charge in [-0.05, 0) is 42.9 Å². The molecule has 2 aliphatic rings. The summed E-state index contributed by atoms with van der Waals surface area (Å²) in [6.45, 7) is 7.96. The van der Waals surface area contributed by atoms with Gasteiger partial charge < -0.3 is 25.3 Å². The number of halogens is 2. The summed E-state index contributed by atoms with van der Waals surface area (Å²) in [5.74, 6) is 1.39. The average Bonchev–Trinajstić information content (AvgIpc) is 2.79. The largest absolute Gasteiger partial charge is 0.370 e. The van der Waals surface area contributed by atoms with Crippen LogP contribution in [0.3, 0.4) is 0 Å². The monoisotopic (exact) mass is 539 g/mol. The van der Waals surface area contributed by atoms with Crippen molar-refractivity contribution in [1.82, 2.24) is 14.8 Å². The van der Waals surface area contributed by atoms with Crippen LogP contribution < -0.4 is 15.5 Å². The average molecular weight is 539 g/mol. The first kappa shape index (κ1) is 23.5. The SMILES string of the molecule is CN1CCN(c2ccc(CN=C(N)N3CCN(c4ccc(F)cc4)CC3)cn2)CC1.I. The van der Waals surface area contributed by atoms with Crippen molar-refractivity contribution < 1.29 is 4.39 Å². The van der Waals surface area contributed by atoms with Crippen LogP contribution in [-0.2, 0) is 6.54 Å². The molecule has 9 heteroatoms. The van der Waals surface area contributed by atoms with Gasteiger partial charge in [-0.3, -0.25) is 0 Å². The first-order valence-electron chi connectivity index (χ1n) is 10.5. The maximum Gasteiger partial charge on any atom is 0.191 e. The number of hydrogen-bond donors (Lipinski definition) is 1. The lowest BCUT2D eigenvalue weighted by Gasteiger charge is -2.36. The molecule has 3 heterocycles. The van der Waals surface area contributed by atoms with E-state index in [0.29, 0.717) is 12.5 Å². The summed E-state index contributed by atoms with van der Waals surface area (Å²) in [6.07, 6.45) is 1.90. The Hall–Kier alpha value is -2.14. The molecule has 2 aromatic rings. The van der Waals surface area contributed by atoms with Crippen LogP contribution in [0, 0.1) is 5.82 Å². The summed E-state index contributed by atoms with van der Waals surface area (Å²) in [7, 11) is 2.15. The van der Waals surface area contributed by atoms with Crippen molar-refractivity contribution in [3.8, 4) is 0 Å². The molecule has 1 aromatic heterocycles. The number of benzene rings is 1. The number of aliphatic imine (C=N–C) groups is 1. The Labute approximate surface area is 200 Å². The second kappa shape index (κ2) is 10.9. The molecule has 2 aliphatic heterocycles. The number of nitrogens with two attached hydrogens (primary N) is 1. The number of hydrogen-bond acceptors (Lipinski definition) is 5. The van der Waals surface area contributed by atoms with Crippen LogP contribution in [-0.4, -0.2) is 80.1 Å². The fraction of sp³-hybridized carbons (Fsp3) is 0.455. The molecule has 4 rings (SSSR count). The van der Waals surface area contributed by atoms with E-state index in [-0.39, 0.29) is 29.8 Å². The molecule has 0 atom stereocenters. The van der Waals surface area contributed by atoms with E-state index in [1.807, 2.05) is 18.3 Å². The lowest BCUT2D eigenvalue weighted by atomic mass is 10.2. The van der Waals surface area contributed by atoms with Gasteiger partial charge in [0.1, 0.15) is 11.6 Å². The highest BCUT2D eigenvalue weighted by Crippen LogP contribution is 2.17. The van der Waals surface area contributed by atoms with E-state index in [2.05, 4.69) is 48.8 Å². The minimum atomic E-state index is -0.209. The third-order valence-electron chi connectivity index (χ3n) is 5.86. The molecule has 0 radical (unpaired) electrons. The zero-order valence-corrected chi connectivity index (χ0v) is 20.3. The van der Waals surface area contributed by atoms with Crippen molar-refractivity contribution in [2.75, 3.05) is 69.2 Å². The van der Waals surface area contributed by atoms with Gasteiger partial charge in [0.2, 0.25) is 0 Å². The summed E-state index contributed by atoms with van der Waals surface area (Å²) < 4.78 is 13.1. The highest BCUT2D eigenvalue weighted by molar-refractivity contribution is 14.0. The molecule has 1 aromatic carbocycles. The van der Waals surface area contributed by atoms with E-state index in [1.165, 1.54) is 12.1 Å². The molecule has 168 valence electrons. The smallest absolute Gasteiger partial charge is 0.191 e. The van der Waals surface area contributed by atoms with Crippen LogP contribution in [0.1, 0.15) is 5.56 Å². The Kier molecular flexibility index (Phi) is 8.30. The van der Waals surface area contributed by atoms with Crippen molar-refractivity contribution in [3.05, 3.63) is 54.0 Å². The summed E-state index contributed by atoms with van der Waals surface area (Å²) in [5.41, 5.74) is 8.33. The van der Waals surface area contributed by atoms with Crippen LogP contribution in [0.25, 0.3) is 0 Å². The fourth-order valence-electron chi connectivity index (χ4n) is 3.85. The van der Waals surface area contributed by atoms with E-state index >= 15 is 0 Å². The van der Waals surface area contributed by atoms with E-state index in [4.69, 9.17) is 5.73 Å². The molecule has 2 saturated heterocycles. The zero-order valence-electron chi connectivity index (χ0n) is 18.0. The predicted molar refractivity (Wildman–Crippen MR) is 135 cm³/mol. The normalized spacial score (nSPS) is 18.1. The number of nitrogens with zero attached hydrogens (tertiary/aromatic N) is 6. The Bertz CT molecular complexity index is 843. The van der Waals surface area contributed by atoms with Gasteiger partial charge in [0.05, 0.1) is 6.54 Å². The highest BCUT2D eigenvalue weighted by Gasteiger charge is 2.19. The van der Waals surface area contributed by atoms with Crippen molar-refractivity contribution in [2.24, 2.45) is 10.7 Å². The lowest BCUT2D eigenvalue weighted by molar-refractivity contribution is 0.312. The summed E-state index contributed by atoms with van der Waals surface area (Å²) in [4.78, 5) is 18.2. The molecule has 2 N–H and O–H groups in total. The molecule has 0 amide bonds. The predicted octanol–water partition coefficient (Wildman–Crippen LogP) is 2.23. The van der Waals surface area contributed by atoms with Gasteiger partial charge in [0.25, 0.3) is 0 Å². The Morgan fingerprint density at radius 3 is 2.19 bits per heavy atom. The molecule has 0 aliphatic carbocycles. The maximum absolute atomic E-state index is 13.1. The molecular formula is C22H31FIN7. The summed E-state index contributed by atoms with van der Waals surface area (Å²) >= 11 is 0. The van der Waals surface area contributed by atoms with Crippen molar-refractivity contribution in [2.45, 2.75) is 6.54 Å². The van der Waals surface area contributed by atoms with Crippen LogP contribution >= 0.6 is 24.0 Å². The first-order valence-corrected chi connectivity index (χ1v) is 10.5. The number of guanidine groups is 1. The minimum Gasteiger partial charge on any atom is -0.370 e. The van der Waals surface area contributed by atoms with Crippen LogP contribution in [0.2, 0.25) is 0 Å². The van der Waals surface area contributed by atoms with Crippen LogP contribution in [0.5, 0.6) is 0 Å². The fourth-order valence-corrected chi connectivity index (χ4v) is 3.85. The summed E-state index contributed by atoms with van der Waals surface area (Å²) in [5, 5.41) is 0. The van der Waals surface area contributed by atoms with Crippen molar-refractivity contribution in [3.63, 3.8) is 0 Å². The molecule has 7 nitrogen and oxygen atoms in total. The first-order chi connectivity index (χ1) is 14.6. The van der Waals surface area contributed by atoms with E-state index in [0.717, 1.165) is 69.4 Å². The second-order valence-electron chi connectivity index (χ2n) is 7.94. The number of likely N-dealkylation sites (N-methyl/N-ethyl adjacent to an activating group) is 1. The van der Waals surface area contributed by atoms with Gasteiger partial charge >= 0.3 is 0 Å². The molecule has 31 heavy (non-hydrogen) atoms. The molecule has 0 saturated carbocycles. The number of piperazine rings is 2. The maximum atomic E-state index is 13.1. The molecule has 0 spiro atoms. The summed E-state index contributed by atoms with van der Waals surface area (Å²) in [6, 6.07) is 10.8. The van der Waals surface area contributed by atoms with Crippen molar-refractivity contribution >= 4 is 41.4 Å². The standard InChI is InChI=1S/C22H30FN7.HI/c1-27-8-10-29(11-9-27)21-7-2-18(16-25-21)17-26-22(24)30-14-12-28(13-15-30)20-5-3-19(23)4-6-20;/h2-7,16H,8-15,17H2,1H3,(H2,24,26);1H. The van der Waals surface area contributed by atoms with Gasteiger partial charge in [0.15, 0.2) is 5.96 Å². The van der Waals surface area contributed by atoms with E-state index < -0.39 is 0 Å². The second-order valence-corrected chi connectivity index (χ2v) is 7.94. The molecular weight excluding hydrogens is 508 g/mol. The third kappa shape index (κ3) is 6.19. The molecule has 0 unspecified atom stereocenters. The van der Waals surface area contributed by atoms with E-state index in [9.17, 15) is 4.39 Å². The van der Waals surface area contributed by atoms with E-state index in [1.54, 1.807) is 0 Å². The van der Waals surface area contributed by atoms with Gasteiger partial charge in [-0.25, -0.2) is 14.4 Å². The quantitative estimate of drug-likeness (QED) is 0.366. The highest BCUT2D eigenvalue weighted by atomic mass is 127. The van der Waals surface area contributed by atoms with Crippen molar-refractivity contribution in [1.29, 1.82) is 0 Å². The number of rotatable bonds is 4.